The van der Waals surface area contributed by atoms with Crippen LogP contribution in [0.3, 0.4) is 0 Å². The number of ether oxygens (including phenoxy) is 1. The molecule has 1 aromatic carbocycles. The van der Waals surface area contributed by atoms with E-state index < -0.39 is 0 Å². The SMILES string of the molecule is COC(=O)CCC(=O)N(C1CC1)[C@H]1c2ccccc2N[C@@H]2CCC[C@@H]21. The van der Waals surface area contributed by atoms with Crippen LogP contribution in [0.5, 0.6) is 0 Å². The molecule has 0 saturated heterocycles. The highest BCUT2D eigenvalue weighted by Gasteiger charge is 2.47. The van der Waals surface area contributed by atoms with Crippen LogP contribution in [-0.2, 0) is 14.3 Å². The Hall–Kier alpha value is -2.04. The molecule has 3 atom stereocenters. The van der Waals surface area contributed by atoms with Crippen LogP contribution >= 0.6 is 0 Å². The van der Waals surface area contributed by atoms with Gasteiger partial charge in [0.1, 0.15) is 0 Å². The second-order valence-electron chi connectivity index (χ2n) is 7.49. The van der Waals surface area contributed by atoms with Crippen molar-refractivity contribution in [3.63, 3.8) is 0 Å². The molecule has 25 heavy (non-hydrogen) atoms. The maximum atomic E-state index is 13.0. The Balaban J connectivity index is 1.63. The van der Waals surface area contributed by atoms with Crippen LogP contribution in [0.2, 0.25) is 0 Å². The van der Waals surface area contributed by atoms with Gasteiger partial charge in [-0.05, 0) is 37.3 Å². The van der Waals surface area contributed by atoms with Crippen molar-refractivity contribution >= 4 is 17.6 Å². The van der Waals surface area contributed by atoms with Gasteiger partial charge in [-0.3, -0.25) is 9.59 Å². The summed E-state index contributed by atoms with van der Waals surface area (Å²) in [7, 11) is 1.37. The standard InChI is InChI=1S/C20H26N2O3/c1-25-19(24)12-11-18(23)22(13-9-10-13)20-14-5-2-3-7-16(14)21-17-8-4-6-15(17)20/h2-3,5,7,13,15,17,20-21H,4,6,8-12H2,1H3/t15-,17+,20-/m0/s1. The summed E-state index contributed by atoms with van der Waals surface area (Å²) in [4.78, 5) is 26.6. The van der Waals surface area contributed by atoms with Gasteiger partial charge in [0.2, 0.25) is 5.91 Å². The zero-order valence-electron chi connectivity index (χ0n) is 14.7. The normalized spacial score (nSPS) is 27.0. The first-order valence-corrected chi connectivity index (χ1v) is 9.42. The van der Waals surface area contributed by atoms with Crippen molar-refractivity contribution in [1.82, 2.24) is 4.90 Å². The summed E-state index contributed by atoms with van der Waals surface area (Å²) < 4.78 is 4.71. The molecule has 134 valence electrons. The van der Waals surface area contributed by atoms with Crippen molar-refractivity contribution in [1.29, 1.82) is 0 Å². The highest BCUT2D eigenvalue weighted by molar-refractivity contribution is 5.82. The lowest BCUT2D eigenvalue weighted by Crippen LogP contribution is -2.46. The average molecular weight is 342 g/mol. The third-order valence-corrected chi connectivity index (χ3v) is 5.89. The number of benzene rings is 1. The molecule has 1 amide bonds. The molecule has 5 heteroatoms. The van der Waals surface area contributed by atoms with Gasteiger partial charge < -0.3 is 15.0 Å². The molecule has 5 nitrogen and oxygen atoms in total. The molecular formula is C20H26N2O3. The van der Waals surface area contributed by atoms with Crippen LogP contribution in [0, 0.1) is 5.92 Å². The van der Waals surface area contributed by atoms with E-state index in [1.807, 2.05) is 0 Å². The van der Waals surface area contributed by atoms with E-state index in [0.29, 0.717) is 18.0 Å². The fourth-order valence-corrected chi connectivity index (χ4v) is 4.60. The molecule has 0 aromatic heterocycles. The van der Waals surface area contributed by atoms with E-state index in [1.54, 1.807) is 0 Å². The number of amides is 1. The summed E-state index contributed by atoms with van der Waals surface area (Å²) in [5.74, 6) is 0.256. The van der Waals surface area contributed by atoms with E-state index >= 15 is 0 Å². The predicted molar refractivity (Wildman–Crippen MR) is 95.1 cm³/mol. The fourth-order valence-electron chi connectivity index (χ4n) is 4.60. The highest BCUT2D eigenvalue weighted by atomic mass is 16.5. The first-order valence-electron chi connectivity index (χ1n) is 9.42. The van der Waals surface area contributed by atoms with Gasteiger partial charge in [0.05, 0.1) is 19.6 Å². The van der Waals surface area contributed by atoms with Gasteiger partial charge in [-0.2, -0.15) is 0 Å². The molecule has 1 N–H and O–H groups in total. The third kappa shape index (κ3) is 3.12. The highest BCUT2D eigenvalue weighted by Crippen LogP contribution is 2.50. The van der Waals surface area contributed by atoms with Crippen LogP contribution in [-0.4, -0.2) is 36.0 Å². The summed E-state index contributed by atoms with van der Waals surface area (Å²) in [6.07, 6.45) is 6.10. The van der Waals surface area contributed by atoms with Crippen molar-refractivity contribution in [2.75, 3.05) is 12.4 Å². The zero-order valence-corrected chi connectivity index (χ0v) is 14.7. The van der Waals surface area contributed by atoms with Crippen molar-refractivity contribution in [3.05, 3.63) is 29.8 Å². The van der Waals surface area contributed by atoms with Gasteiger partial charge in [0, 0.05) is 30.1 Å². The molecule has 0 radical (unpaired) electrons. The van der Waals surface area contributed by atoms with Crippen LogP contribution in [0.4, 0.5) is 5.69 Å². The Morgan fingerprint density at radius 3 is 2.72 bits per heavy atom. The Labute approximate surface area is 148 Å². The Morgan fingerprint density at radius 2 is 1.96 bits per heavy atom. The molecule has 1 aromatic rings. The van der Waals surface area contributed by atoms with Crippen molar-refractivity contribution in [3.8, 4) is 0 Å². The topological polar surface area (TPSA) is 58.6 Å². The number of fused-ring (bicyclic) bond motifs is 2. The lowest BCUT2D eigenvalue weighted by Gasteiger charge is -2.43. The number of hydrogen-bond donors (Lipinski definition) is 1. The second-order valence-corrected chi connectivity index (χ2v) is 7.49. The monoisotopic (exact) mass is 342 g/mol. The quantitative estimate of drug-likeness (QED) is 0.835. The number of hydrogen-bond acceptors (Lipinski definition) is 4. The third-order valence-electron chi connectivity index (χ3n) is 5.89. The molecule has 3 aliphatic rings. The van der Waals surface area contributed by atoms with Gasteiger partial charge in [-0.25, -0.2) is 0 Å². The number of carbonyl (C=O) groups is 2. The van der Waals surface area contributed by atoms with E-state index in [9.17, 15) is 9.59 Å². The van der Waals surface area contributed by atoms with E-state index in [2.05, 4.69) is 34.5 Å². The van der Waals surface area contributed by atoms with Crippen LogP contribution in [0.1, 0.15) is 56.6 Å². The first kappa shape index (κ1) is 16.4. The molecule has 2 aliphatic carbocycles. The van der Waals surface area contributed by atoms with Crippen LogP contribution in [0.15, 0.2) is 24.3 Å². The Morgan fingerprint density at radius 1 is 1.16 bits per heavy atom. The van der Waals surface area contributed by atoms with E-state index in [1.165, 1.54) is 31.2 Å². The molecular weight excluding hydrogens is 316 g/mol. The number of nitrogens with one attached hydrogen (secondary N) is 1. The van der Waals surface area contributed by atoms with Crippen LogP contribution in [0.25, 0.3) is 0 Å². The fraction of sp³-hybridized carbons (Fsp3) is 0.600. The number of esters is 1. The maximum absolute atomic E-state index is 13.0. The van der Waals surface area contributed by atoms with Gasteiger partial charge in [0.25, 0.3) is 0 Å². The second kappa shape index (κ2) is 6.70. The lowest BCUT2D eigenvalue weighted by atomic mass is 9.83. The number of anilines is 1. The van der Waals surface area contributed by atoms with Crippen molar-refractivity contribution < 1.29 is 14.3 Å². The number of carbonyl (C=O) groups excluding carboxylic acids is 2. The summed E-state index contributed by atoms with van der Waals surface area (Å²) in [5, 5.41) is 3.69. The van der Waals surface area contributed by atoms with E-state index in [-0.39, 0.29) is 30.8 Å². The van der Waals surface area contributed by atoms with Crippen molar-refractivity contribution in [2.24, 2.45) is 5.92 Å². The number of methoxy groups -OCH3 is 1. The largest absolute Gasteiger partial charge is 0.469 e. The number of rotatable bonds is 5. The van der Waals surface area contributed by atoms with Gasteiger partial charge >= 0.3 is 5.97 Å². The minimum atomic E-state index is -0.312. The summed E-state index contributed by atoms with van der Waals surface area (Å²) in [5.41, 5.74) is 2.41. The van der Waals surface area contributed by atoms with E-state index in [4.69, 9.17) is 4.74 Å². The van der Waals surface area contributed by atoms with Crippen molar-refractivity contribution in [2.45, 2.75) is 63.1 Å². The maximum Gasteiger partial charge on any atom is 0.306 e. The summed E-state index contributed by atoms with van der Waals surface area (Å²) in [6, 6.07) is 9.33. The Bertz CT molecular complexity index is 671. The molecule has 2 saturated carbocycles. The zero-order chi connectivity index (χ0) is 17.4. The molecule has 2 fully saturated rings. The number of para-hydroxylation sites is 1. The molecule has 0 unspecified atom stereocenters. The van der Waals surface area contributed by atoms with E-state index in [0.717, 1.165) is 19.3 Å². The average Bonchev–Trinajstić information content (AvgIpc) is 3.36. The first-order chi connectivity index (χ1) is 12.2. The number of nitrogens with zero attached hydrogens (tertiary/aromatic N) is 1. The molecule has 1 heterocycles. The van der Waals surface area contributed by atoms with Crippen LogP contribution < -0.4 is 5.32 Å². The lowest BCUT2D eigenvalue weighted by molar-refractivity contribution is -0.145. The van der Waals surface area contributed by atoms with Gasteiger partial charge in [0.15, 0.2) is 0 Å². The molecule has 0 bridgehead atoms. The minimum Gasteiger partial charge on any atom is -0.469 e. The molecule has 4 rings (SSSR count). The Kier molecular flexibility index (Phi) is 4.40. The predicted octanol–water partition coefficient (Wildman–Crippen LogP) is 3.27. The van der Waals surface area contributed by atoms with Gasteiger partial charge in [-0.1, -0.05) is 24.6 Å². The smallest absolute Gasteiger partial charge is 0.306 e. The molecule has 0 spiro atoms. The summed E-state index contributed by atoms with van der Waals surface area (Å²) in [6.45, 7) is 0. The van der Waals surface area contributed by atoms with Gasteiger partial charge in [-0.15, -0.1) is 0 Å². The minimum absolute atomic E-state index is 0.0975. The molecule has 1 aliphatic heterocycles. The summed E-state index contributed by atoms with van der Waals surface area (Å²) >= 11 is 0.